The summed E-state index contributed by atoms with van der Waals surface area (Å²) in [6, 6.07) is 9.25. The fourth-order valence-corrected chi connectivity index (χ4v) is 3.22. The molecule has 0 saturated carbocycles. The van der Waals surface area contributed by atoms with Crippen molar-refractivity contribution in [3.63, 3.8) is 0 Å². The molecule has 0 spiro atoms. The van der Waals surface area contributed by atoms with E-state index < -0.39 is 10.0 Å². The van der Waals surface area contributed by atoms with Gasteiger partial charge in [0, 0.05) is 13.1 Å². The first-order chi connectivity index (χ1) is 11.1. The van der Waals surface area contributed by atoms with Gasteiger partial charge in [0.25, 0.3) is 10.0 Å². The standard InChI is InChI=1S/C16H18N4O2S/c21-23(22,11-8-14-6-2-1-3-7-14)19-15-12-17-16(18-13-15)20-9-4-5-10-20/h1-3,6-8,11-13,19H,4-5,9-10H2/b11-8+. The summed E-state index contributed by atoms with van der Waals surface area (Å²) < 4.78 is 26.5. The average molecular weight is 330 g/mol. The van der Waals surface area contributed by atoms with Crippen molar-refractivity contribution in [3.8, 4) is 0 Å². The fourth-order valence-electron chi connectivity index (χ4n) is 2.38. The van der Waals surface area contributed by atoms with E-state index in [0.29, 0.717) is 11.6 Å². The third kappa shape index (κ3) is 4.29. The van der Waals surface area contributed by atoms with E-state index in [1.54, 1.807) is 6.08 Å². The quantitative estimate of drug-likeness (QED) is 0.911. The minimum atomic E-state index is -3.59. The van der Waals surface area contributed by atoms with Gasteiger partial charge in [-0.15, -0.1) is 0 Å². The van der Waals surface area contributed by atoms with Gasteiger partial charge in [0.2, 0.25) is 5.95 Å². The largest absolute Gasteiger partial charge is 0.341 e. The lowest BCUT2D eigenvalue weighted by Gasteiger charge is -2.14. The molecule has 0 radical (unpaired) electrons. The van der Waals surface area contributed by atoms with Gasteiger partial charge < -0.3 is 4.90 Å². The van der Waals surface area contributed by atoms with Gasteiger partial charge >= 0.3 is 0 Å². The zero-order valence-electron chi connectivity index (χ0n) is 12.6. The third-order valence-electron chi connectivity index (χ3n) is 3.53. The number of aromatic nitrogens is 2. The Labute approximate surface area is 135 Å². The summed E-state index contributed by atoms with van der Waals surface area (Å²) in [5.41, 5.74) is 1.17. The summed E-state index contributed by atoms with van der Waals surface area (Å²) in [5, 5.41) is 1.14. The molecule has 2 aromatic rings. The lowest BCUT2D eigenvalue weighted by Crippen LogP contribution is -2.20. The molecule has 0 bridgehead atoms. The van der Waals surface area contributed by atoms with Gasteiger partial charge in [-0.05, 0) is 24.5 Å². The van der Waals surface area contributed by atoms with E-state index in [1.807, 2.05) is 30.3 Å². The summed E-state index contributed by atoms with van der Waals surface area (Å²) in [5.74, 6) is 0.644. The molecule has 1 aliphatic rings. The molecule has 2 heterocycles. The first kappa shape index (κ1) is 15.5. The molecular formula is C16H18N4O2S. The summed E-state index contributed by atoms with van der Waals surface area (Å²) in [6.07, 6.45) is 6.81. The number of hydrogen-bond donors (Lipinski definition) is 1. The zero-order valence-corrected chi connectivity index (χ0v) is 13.4. The van der Waals surface area contributed by atoms with Crippen LogP contribution in [0.15, 0.2) is 48.1 Å². The summed E-state index contributed by atoms with van der Waals surface area (Å²) in [6.45, 7) is 1.90. The highest BCUT2D eigenvalue weighted by Crippen LogP contribution is 2.17. The molecule has 23 heavy (non-hydrogen) atoms. The summed E-state index contributed by atoms with van der Waals surface area (Å²) >= 11 is 0. The zero-order chi connectivity index (χ0) is 16.1. The Bertz CT molecular complexity index is 767. The van der Waals surface area contributed by atoms with Gasteiger partial charge in [0.05, 0.1) is 23.5 Å². The molecule has 3 rings (SSSR count). The topological polar surface area (TPSA) is 75.2 Å². The van der Waals surface area contributed by atoms with Crippen LogP contribution >= 0.6 is 0 Å². The Morgan fingerprint density at radius 3 is 2.35 bits per heavy atom. The Morgan fingerprint density at radius 2 is 1.70 bits per heavy atom. The first-order valence-electron chi connectivity index (χ1n) is 7.45. The second-order valence-corrected chi connectivity index (χ2v) is 6.89. The molecule has 1 aromatic heterocycles. The molecule has 120 valence electrons. The molecular weight excluding hydrogens is 312 g/mol. The minimum absolute atomic E-state index is 0.352. The van der Waals surface area contributed by atoms with Crippen molar-refractivity contribution in [3.05, 3.63) is 53.7 Å². The molecule has 0 aliphatic carbocycles. The van der Waals surface area contributed by atoms with Crippen LogP contribution in [0.5, 0.6) is 0 Å². The maximum absolute atomic E-state index is 12.1. The highest BCUT2D eigenvalue weighted by Gasteiger charge is 2.15. The summed E-state index contributed by atoms with van der Waals surface area (Å²) in [4.78, 5) is 10.5. The minimum Gasteiger partial charge on any atom is -0.341 e. The van der Waals surface area contributed by atoms with Gasteiger partial charge in [-0.1, -0.05) is 30.3 Å². The first-order valence-corrected chi connectivity index (χ1v) is 9.00. The van der Waals surface area contributed by atoms with E-state index in [2.05, 4.69) is 19.6 Å². The van der Waals surface area contributed by atoms with Gasteiger partial charge in [-0.3, -0.25) is 4.72 Å². The number of hydrogen-bond acceptors (Lipinski definition) is 5. The van der Waals surface area contributed by atoms with Crippen molar-refractivity contribution in [2.24, 2.45) is 0 Å². The van der Waals surface area contributed by atoms with Crippen molar-refractivity contribution >= 4 is 27.7 Å². The van der Waals surface area contributed by atoms with Gasteiger partial charge in [-0.25, -0.2) is 18.4 Å². The maximum Gasteiger partial charge on any atom is 0.255 e. The van der Waals surface area contributed by atoms with Crippen LogP contribution in [0.3, 0.4) is 0 Å². The van der Waals surface area contributed by atoms with Crippen molar-refractivity contribution < 1.29 is 8.42 Å². The number of nitrogens with zero attached hydrogens (tertiary/aromatic N) is 3. The van der Waals surface area contributed by atoms with E-state index in [0.717, 1.165) is 36.9 Å². The van der Waals surface area contributed by atoms with Crippen LogP contribution in [0.1, 0.15) is 18.4 Å². The third-order valence-corrected chi connectivity index (χ3v) is 4.54. The predicted octanol–water partition coefficient (Wildman–Crippen LogP) is 2.49. The molecule has 0 atom stereocenters. The van der Waals surface area contributed by atoms with Crippen LogP contribution in [0.25, 0.3) is 6.08 Å². The van der Waals surface area contributed by atoms with Crippen LogP contribution in [-0.4, -0.2) is 31.5 Å². The highest BCUT2D eigenvalue weighted by atomic mass is 32.2. The molecule has 1 saturated heterocycles. The van der Waals surface area contributed by atoms with Crippen molar-refractivity contribution in [2.45, 2.75) is 12.8 Å². The predicted molar refractivity (Wildman–Crippen MR) is 91.5 cm³/mol. The Hall–Kier alpha value is -2.41. The molecule has 1 N–H and O–H groups in total. The van der Waals surface area contributed by atoms with Gasteiger partial charge in [-0.2, -0.15) is 0 Å². The number of benzene rings is 1. The Morgan fingerprint density at radius 1 is 1.04 bits per heavy atom. The van der Waals surface area contributed by atoms with E-state index in [9.17, 15) is 8.42 Å². The van der Waals surface area contributed by atoms with Crippen LogP contribution in [0.4, 0.5) is 11.6 Å². The lowest BCUT2D eigenvalue weighted by atomic mass is 10.2. The molecule has 6 nitrogen and oxygen atoms in total. The smallest absolute Gasteiger partial charge is 0.255 e. The average Bonchev–Trinajstić information content (AvgIpc) is 3.09. The molecule has 0 amide bonds. The second kappa shape index (κ2) is 6.78. The van der Waals surface area contributed by atoms with Crippen LogP contribution < -0.4 is 9.62 Å². The SMILES string of the molecule is O=S(=O)(/C=C/c1ccccc1)Nc1cnc(N2CCCC2)nc1. The number of sulfonamides is 1. The maximum atomic E-state index is 12.1. The number of anilines is 2. The normalized spacial score (nSPS) is 15.2. The Kier molecular flexibility index (Phi) is 4.57. The molecule has 0 unspecified atom stereocenters. The van der Waals surface area contributed by atoms with E-state index in [-0.39, 0.29) is 0 Å². The van der Waals surface area contributed by atoms with Crippen LogP contribution in [0.2, 0.25) is 0 Å². The fraction of sp³-hybridized carbons (Fsp3) is 0.250. The van der Waals surface area contributed by atoms with Gasteiger partial charge in [0.1, 0.15) is 0 Å². The molecule has 1 aliphatic heterocycles. The number of rotatable bonds is 5. The molecule has 1 aromatic carbocycles. The van der Waals surface area contributed by atoms with Crippen LogP contribution in [0, 0.1) is 0 Å². The monoisotopic (exact) mass is 330 g/mol. The summed E-state index contributed by atoms with van der Waals surface area (Å²) in [7, 11) is -3.59. The Balaban J connectivity index is 1.66. The second-order valence-electron chi connectivity index (χ2n) is 5.33. The molecule has 1 fully saturated rings. The lowest BCUT2D eigenvalue weighted by molar-refractivity contribution is 0.609. The highest BCUT2D eigenvalue weighted by molar-refractivity contribution is 7.95. The van der Waals surface area contributed by atoms with E-state index >= 15 is 0 Å². The van der Waals surface area contributed by atoms with Crippen molar-refractivity contribution in [2.75, 3.05) is 22.7 Å². The van der Waals surface area contributed by atoms with Crippen molar-refractivity contribution in [1.29, 1.82) is 0 Å². The van der Waals surface area contributed by atoms with E-state index in [1.165, 1.54) is 12.4 Å². The molecule has 7 heteroatoms. The van der Waals surface area contributed by atoms with Crippen LogP contribution in [-0.2, 0) is 10.0 Å². The van der Waals surface area contributed by atoms with E-state index in [4.69, 9.17) is 0 Å². The van der Waals surface area contributed by atoms with Gasteiger partial charge in [0.15, 0.2) is 0 Å². The van der Waals surface area contributed by atoms with Crippen molar-refractivity contribution in [1.82, 2.24) is 9.97 Å². The number of nitrogens with one attached hydrogen (secondary N) is 1.